The fourth-order valence-electron chi connectivity index (χ4n) is 4.57. The molecule has 0 fully saturated rings. The second kappa shape index (κ2) is 15.7. The number of carboxylic acid groups (broad SMARTS) is 1. The average Bonchev–Trinajstić information content (AvgIpc) is 3.38. The molecule has 10 N–H and O–H groups in total. The van der Waals surface area contributed by atoms with Crippen LogP contribution in [0.5, 0.6) is 0 Å². The standard InChI is InChI=1S/C30H40N6O6/c1-18(37)26(32)29(40)34-23(13-7-8-14-31)27(38)35-24(15-19-9-3-2-4-10-19)28(39)36-25(30(41)42)16-20-17-33-22-12-6-5-11-21(20)22/h2-6,9-12,17-18,23-26,33,37H,7-8,13-16,31-32H2,1H3,(H,34,40)(H,35,38)(H,36,39)(H,41,42). The summed E-state index contributed by atoms with van der Waals surface area (Å²) in [5.74, 6) is -3.27. The number of nitrogens with two attached hydrogens (primary N) is 2. The molecular formula is C30H40N6O6. The van der Waals surface area contributed by atoms with Crippen LogP contribution < -0.4 is 27.4 Å². The van der Waals surface area contributed by atoms with Crippen molar-refractivity contribution in [1.82, 2.24) is 20.9 Å². The number of hydrogen-bond donors (Lipinski definition) is 8. The SMILES string of the molecule is CC(O)C(N)C(=O)NC(CCCCN)C(=O)NC(Cc1ccccc1)C(=O)NC(Cc1c[nH]c2ccccc12)C(=O)O. The Bertz CT molecular complexity index is 1340. The van der Waals surface area contributed by atoms with Gasteiger partial charge in [0.25, 0.3) is 0 Å². The third kappa shape index (κ3) is 9.13. The Morgan fingerprint density at radius 1 is 0.833 bits per heavy atom. The minimum Gasteiger partial charge on any atom is -0.480 e. The topological polar surface area (TPSA) is 213 Å². The lowest BCUT2D eigenvalue weighted by molar-refractivity contribution is -0.142. The van der Waals surface area contributed by atoms with Gasteiger partial charge in [-0.25, -0.2) is 4.79 Å². The zero-order valence-corrected chi connectivity index (χ0v) is 23.6. The molecule has 12 heteroatoms. The number of aromatic amines is 1. The number of aromatic nitrogens is 1. The van der Waals surface area contributed by atoms with Gasteiger partial charge in [-0.05, 0) is 49.9 Å². The molecule has 0 aliphatic carbocycles. The van der Waals surface area contributed by atoms with E-state index in [2.05, 4.69) is 20.9 Å². The number of hydrogen-bond acceptors (Lipinski definition) is 7. The van der Waals surface area contributed by atoms with E-state index in [-0.39, 0.29) is 19.3 Å². The molecule has 226 valence electrons. The minimum absolute atomic E-state index is 0.0199. The van der Waals surface area contributed by atoms with E-state index in [1.165, 1.54) is 6.92 Å². The van der Waals surface area contributed by atoms with Gasteiger partial charge in [0.05, 0.1) is 6.10 Å². The lowest BCUT2D eigenvalue weighted by Gasteiger charge is -2.26. The summed E-state index contributed by atoms with van der Waals surface area (Å²) in [5.41, 5.74) is 13.6. The van der Waals surface area contributed by atoms with E-state index < -0.39 is 54.0 Å². The van der Waals surface area contributed by atoms with Crippen molar-refractivity contribution in [3.63, 3.8) is 0 Å². The molecule has 0 aliphatic heterocycles. The molecule has 0 saturated heterocycles. The number of aliphatic hydroxyl groups is 1. The van der Waals surface area contributed by atoms with Gasteiger partial charge < -0.3 is 42.6 Å². The van der Waals surface area contributed by atoms with Gasteiger partial charge in [-0.2, -0.15) is 0 Å². The molecule has 3 amide bonds. The van der Waals surface area contributed by atoms with Gasteiger partial charge in [0.1, 0.15) is 24.2 Å². The quantitative estimate of drug-likeness (QED) is 0.110. The first-order valence-corrected chi connectivity index (χ1v) is 14.0. The maximum Gasteiger partial charge on any atom is 0.326 e. The molecule has 12 nitrogen and oxygen atoms in total. The van der Waals surface area contributed by atoms with Gasteiger partial charge in [-0.15, -0.1) is 0 Å². The van der Waals surface area contributed by atoms with Crippen LogP contribution in [0.3, 0.4) is 0 Å². The molecule has 0 radical (unpaired) electrons. The largest absolute Gasteiger partial charge is 0.480 e. The number of carbonyl (C=O) groups excluding carboxylic acids is 3. The van der Waals surface area contributed by atoms with Crippen molar-refractivity contribution in [3.8, 4) is 0 Å². The summed E-state index contributed by atoms with van der Waals surface area (Å²) in [6.07, 6.45) is 2.01. The van der Waals surface area contributed by atoms with Gasteiger partial charge in [0.2, 0.25) is 17.7 Å². The van der Waals surface area contributed by atoms with E-state index in [1.54, 1.807) is 30.5 Å². The van der Waals surface area contributed by atoms with Crippen LogP contribution in [0.1, 0.15) is 37.3 Å². The molecule has 3 rings (SSSR count). The summed E-state index contributed by atoms with van der Waals surface area (Å²) >= 11 is 0. The van der Waals surface area contributed by atoms with Crippen LogP contribution in [0.15, 0.2) is 60.8 Å². The summed E-state index contributed by atoms with van der Waals surface area (Å²) < 4.78 is 0. The predicted molar refractivity (Wildman–Crippen MR) is 158 cm³/mol. The van der Waals surface area contributed by atoms with Crippen molar-refractivity contribution in [2.75, 3.05) is 6.54 Å². The Balaban J connectivity index is 1.81. The van der Waals surface area contributed by atoms with Crippen LogP contribution in [-0.2, 0) is 32.0 Å². The zero-order valence-electron chi connectivity index (χ0n) is 23.6. The molecule has 0 saturated carbocycles. The van der Waals surface area contributed by atoms with E-state index in [0.29, 0.717) is 19.4 Å². The smallest absolute Gasteiger partial charge is 0.326 e. The number of carboxylic acids is 1. The van der Waals surface area contributed by atoms with Crippen molar-refractivity contribution < 1.29 is 29.4 Å². The number of fused-ring (bicyclic) bond motifs is 1. The van der Waals surface area contributed by atoms with E-state index in [9.17, 15) is 29.4 Å². The monoisotopic (exact) mass is 580 g/mol. The number of unbranched alkanes of at least 4 members (excludes halogenated alkanes) is 1. The van der Waals surface area contributed by atoms with Crippen molar-refractivity contribution in [2.24, 2.45) is 11.5 Å². The van der Waals surface area contributed by atoms with Crippen molar-refractivity contribution in [2.45, 2.75) is 69.3 Å². The van der Waals surface area contributed by atoms with Crippen LogP contribution in [0.4, 0.5) is 0 Å². The molecule has 3 aromatic rings. The third-order valence-corrected chi connectivity index (χ3v) is 7.03. The number of carbonyl (C=O) groups is 4. The lowest BCUT2D eigenvalue weighted by atomic mass is 10.0. The number of aliphatic hydroxyl groups excluding tert-OH is 1. The molecule has 2 aromatic carbocycles. The number of aliphatic carboxylic acids is 1. The maximum absolute atomic E-state index is 13.5. The first-order valence-electron chi connectivity index (χ1n) is 14.0. The number of H-pyrrole nitrogens is 1. The summed E-state index contributed by atoms with van der Waals surface area (Å²) in [6, 6.07) is 11.7. The minimum atomic E-state index is -1.27. The molecule has 42 heavy (non-hydrogen) atoms. The molecule has 5 atom stereocenters. The highest BCUT2D eigenvalue weighted by Gasteiger charge is 2.31. The number of amides is 3. The lowest BCUT2D eigenvalue weighted by Crippen LogP contribution is -2.58. The third-order valence-electron chi connectivity index (χ3n) is 7.03. The fraction of sp³-hybridized carbons (Fsp3) is 0.400. The summed E-state index contributed by atoms with van der Waals surface area (Å²) in [6.45, 7) is 1.75. The summed E-state index contributed by atoms with van der Waals surface area (Å²) in [7, 11) is 0. The van der Waals surface area contributed by atoms with Crippen LogP contribution >= 0.6 is 0 Å². The first kappa shape index (κ1) is 32.3. The van der Waals surface area contributed by atoms with Crippen LogP contribution in [0.25, 0.3) is 10.9 Å². The van der Waals surface area contributed by atoms with Crippen molar-refractivity contribution in [1.29, 1.82) is 0 Å². The molecule has 0 bridgehead atoms. The van der Waals surface area contributed by atoms with Gasteiger partial charge >= 0.3 is 5.97 Å². The molecule has 0 spiro atoms. The van der Waals surface area contributed by atoms with Gasteiger partial charge in [0, 0.05) is 29.9 Å². The highest BCUT2D eigenvalue weighted by atomic mass is 16.4. The summed E-state index contributed by atoms with van der Waals surface area (Å²) in [5, 5.41) is 28.4. The maximum atomic E-state index is 13.5. The normalized spacial score (nSPS) is 14.8. The van der Waals surface area contributed by atoms with Crippen molar-refractivity contribution in [3.05, 3.63) is 71.9 Å². The zero-order chi connectivity index (χ0) is 30.6. The first-order chi connectivity index (χ1) is 20.1. The Labute approximate surface area is 244 Å². The molecule has 5 unspecified atom stereocenters. The van der Waals surface area contributed by atoms with Gasteiger partial charge in [-0.3, -0.25) is 14.4 Å². The average molecular weight is 581 g/mol. The van der Waals surface area contributed by atoms with E-state index in [0.717, 1.165) is 22.0 Å². The Morgan fingerprint density at radius 3 is 2.12 bits per heavy atom. The highest BCUT2D eigenvalue weighted by Crippen LogP contribution is 2.19. The summed E-state index contributed by atoms with van der Waals surface area (Å²) in [4.78, 5) is 54.8. The number of benzene rings is 2. The fourth-order valence-corrected chi connectivity index (χ4v) is 4.57. The molecule has 1 aromatic heterocycles. The highest BCUT2D eigenvalue weighted by molar-refractivity contribution is 5.94. The van der Waals surface area contributed by atoms with Crippen LogP contribution in [0.2, 0.25) is 0 Å². The predicted octanol–water partition coefficient (Wildman–Crippen LogP) is 0.329. The number of para-hydroxylation sites is 1. The van der Waals surface area contributed by atoms with Crippen LogP contribution in [-0.4, -0.2) is 75.7 Å². The van der Waals surface area contributed by atoms with E-state index in [4.69, 9.17) is 11.5 Å². The Hall–Kier alpha value is -4.26. The molecule has 1 heterocycles. The van der Waals surface area contributed by atoms with E-state index in [1.807, 2.05) is 30.3 Å². The number of nitrogens with one attached hydrogen (secondary N) is 4. The Morgan fingerprint density at radius 2 is 1.45 bits per heavy atom. The Kier molecular flexibility index (Phi) is 12.0. The van der Waals surface area contributed by atoms with E-state index >= 15 is 0 Å². The number of rotatable bonds is 16. The van der Waals surface area contributed by atoms with Gasteiger partial charge in [-0.1, -0.05) is 48.5 Å². The second-order valence-corrected chi connectivity index (χ2v) is 10.3. The van der Waals surface area contributed by atoms with Crippen LogP contribution in [0, 0.1) is 0 Å². The van der Waals surface area contributed by atoms with Gasteiger partial charge in [0.15, 0.2) is 0 Å². The molecular weight excluding hydrogens is 540 g/mol. The second-order valence-electron chi connectivity index (χ2n) is 10.3. The van der Waals surface area contributed by atoms with Crippen molar-refractivity contribution >= 4 is 34.6 Å². The molecule has 0 aliphatic rings.